The number of benzene rings is 1. The monoisotopic (exact) mass is 229 g/mol. The largest absolute Gasteiger partial charge is 0.480 e. The topological polar surface area (TPSA) is 94.8 Å². The minimum Gasteiger partial charge on any atom is -0.480 e. The van der Waals surface area contributed by atoms with Crippen LogP contribution in [-0.2, 0) is 10.5 Å². The van der Waals surface area contributed by atoms with Crippen LogP contribution >= 0.6 is 11.8 Å². The van der Waals surface area contributed by atoms with E-state index in [4.69, 9.17) is 10.8 Å². The van der Waals surface area contributed by atoms with Gasteiger partial charge in [-0.2, -0.15) is 11.8 Å². The highest BCUT2D eigenvalue weighted by Gasteiger charge is 2.10. The molecule has 1 aromatic rings. The van der Waals surface area contributed by atoms with Crippen molar-refractivity contribution in [3.05, 3.63) is 35.9 Å². The average Bonchev–Trinajstić information content (AvgIpc) is 2.19. The van der Waals surface area contributed by atoms with E-state index in [1.165, 1.54) is 17.3 Å². The fourth-order valence-corrected chi connectivity index (χ4v) is 1.89. The summed E-state index contributed by atoms with van der Waals surface area (Å²) >= 11 is 1.54. The Kier molecular flexibility index (Phi) is 6.77. The van der Waals surface area contributed by atoms with Crippen molar-refractivity contribution in [1.29, 1.82) is 0 Å². The van der Waals surface area contributed by atoms with Crippen LogP contribution in [0.1, 0.15) is 5.56 Å². The number of aliphatic carboxylic acids is 1. The summed E-state index contributed by atoms with van der Waals surface area (Å²) in [6.45, 7) is 0. The lowest BCUT2D eigenvalue weighted by Crippen LogP contribution is -2.32. The lowest BCUT2D eigenvalue weighted by atomic mass is 10.2. The molecule has 84 valence electrons. The van der Waals surface area contributed by atoms with Gasteiger partial charge in [0.15, 0.2) is 0 Å². The van der Waals surface area contributed by atoms with Gasteiger partial charge >= 0.3 is 5.97 Å². The summed E-state index contributed by atoms with van der Waals surface area (Å²) in [5.41, 5.74) is 6.55. The van der Waals surface area contributed by atoms with E-state index in [2.05, 4.69) is 0 Å². The lowest BCUT2D eigenvalue weighted by molar-refractivity contribution is -0.137. The molecule has 0 aliphatic rings. The Labute approximate surface area is 92.8 Å². The third kappa shape index (κ3) is 5.41. The van der Waals surface area contributed by atoms with Gasteiger partial charge in [-0.15, -0.1) is 0 Å². The van der Waals surface area contributed by atoms with Crippen LogP contribution in [0, 0.1) is 0 Å². The van der Waals surface area contributed by atoms with Crippen LogP contribution in [0.15, 0.2) is 30.3 Å². The molecule has 15 heavy (non-hydrogen) atoms. The van der Waals surface area contributed by atoms with Crippen molar-refractivity contribution in [2.24, 2.45) is 5.73 Å². The van der Waals surface area contributed by atoms with E-state index in [-0.39, 0.29) is 5.48 Å². The Balaban J connectivity index is 0.00000196. The number of carbonyl (C=O) groups is 1. The molecule has 0 aliphatic carbocycles. The summed E-state index contributed by atoms with van der Waals surface area (Å²) in [5.74, 6) is 0.317. The summed E-state index contributed by atoms with van der Waals surface area (Å²) in [5, 5.41) is 8.54. The SMILES string of the molecule is N[C@@H](CSCc1ccccc1)C(=O)O.O. The lowest BCUT2D eigenvalue weighted by Gasteiger charge is -2.05. The Morgan fingerprint density at radius 1 is 1.40 bits per heavy atom. The Morgan fingerprint density at radius 3 is 2.53 bits per heavy atom. The highest BCUT2D eigenvalue weighted by molar-refractivity contribution is 7.98. The van der Waals surface area contributed by atoms with Gasteiger partial charge in [-0.25, -0.2) is 0 Å². The molecule has 0 unspecified atom stereocenters. The third-order valence-corrected chi connectivity index (χ3v) is 2.86. The predicted molar refractivity (Wildman–Crippen MR) is 61.8 cm³/mol. The first-order valence-electron chi connectivity index (χ1n) is 4.30. The molecular weight excluding hydrogens is 214 g/mol. The van der Waals surface area contributed by atoms with Gasteiger partial charge in [-0.1, -0.05) is 30.3 Å². The van der Waals surface area contributed by atoms with Gasteiger partial charge in [0, 0.05) is 11.5 Å². The molecular formula is C10H15NO3S. The van der Waals surface area contributed by atoms with Gasteiger partial charge in [0.25, 0.3) is 0 Å². The Bertz CT molecular complexity index is 292. The van der Waals surface area contributed by atoms with E-state index in [0.29, 0.717) is 5.75 Å². The first kappa shape index (κ1) is 14.0. The van der Waals surface area contributed by atoms with Gasteiger partial charge in [0.2, 0.25) is 0 Å². The fourth-order valence-electron chi connectivity index (χ4n) is 0.949. The molecule has 4 nitrogen and oxygen atoms in total. The molecule has 0 bridgehead atoms. The van der Waals surface area contributed by atoms with Crippen LogP contribution in [0.2, 0.25) is 0 Å². The first-order valence-corrected chi connectivity index (χ1v) is 5.45. The third-order valence-electron chi connectivity index (χ3n) is 1.73. The summed E-state index contributed by atoms with van der Waals surface area (Å²) in [6, 6.07) is 9.15. The smallest absolute Gasteiger partial charge is 0.321 e. The van der Waals surface area contributed by atoms with Crippen LogP contribution in [0.25, 0.3) is 0 Å². The number of hydrogen-bond acceptors (Lipinski definition) is 3. The second-order valence-corrected chi connectivity index (χ2v) is 3.98. The van der Waals surface area contributed by atoms with Crippen LogP contribution in [0.3, 0.4) is 0 Å². The summed E-state index contributed by atoms with van der Waals surface area (Å²) in [4.78, 5) is 10.4. The number of hydrogen-bond donors (Lipinski definition) is 2. The van der Waals surface area contributed by atoms with Crippen molar-refractivity contribution >= 4 is 17.7 Å². The molecule has 0 spiro atoms. The van der Waals surface area contributed by atoms with Crippen LogP contribution in [0.4, 0.5) is 0 Å². The minimum absolute atomic E-state index is 0. The second kappa shape index (κ2) is 7.28. The summed E-state index contributed by atoms with van der Waals surface area (Å²) in [6.07, 6.45) is 0. The maximum atomic E-state index is 10.4. The molecule has 0 amide bonds. The number of thioether (sulfide) groups is 1. The van der Waals surface area contributed by atoms with E-state index < -0.39 is 12.0 Å². The van der Waals surface area contributed by atoms with Crippen molar-refractivity contribution in [2.45, 2.75) is 11.8 Å². The average molecular weight is 229 g/mol. The molecule has 0 saturated carbocycles. The highest BCUT2D eigenvalue weighted by atomic mass is 32.2. The normalized spacial score (nSPS) is 11.5. The number of nitrogens with two attached hydrogens (primary N) is 1. The van der Waals surface area contributed by atoms with Crippen LogP contribution in [0.5, 0.6) is 0 Å². The number of rotatable bonds is 5. The molecule has 1 rings (SSSR count). The van der Waals surface area contributed by atoms with Crippen molar-refractivity contribution in [3.8, 4) is 0 Å². The van der Waals surface area contributed by atoms with E-state index in [1.807, 2.05) is 30.3 Å². The molecule has 0 fully saturated rings. The molecule has 0 saturated heterocycles. The van der Waals surface area contributed by atoms with Crippen molar-refractivity contribution in [1.82, 2.24) is 0 Å². The molecule has 0 radical (unpaired) electrons. The number of carboxylic acids is 1. The van der Waals surface area contributed by atoms with Gasteiger partial charge in [0.1, 0.15) is 6.04 Å². The summed E-state index contributed by atoms with van der Waals surface area (Å²) < 4.78 is 0. The molecule has 1 aromatic carbocycles. The standard InChI is InChI=1S/C10H13NO2S.H2O/c11-9(10(12)13)7-14-6-8-4-2-1-3-5-8;/h1-5,9H,6-7,11H2,(H,12,13);1H2/t9-;/m0./s1. The predicted octanol–water partition coefficient (Wildman–Crippen LogP) is 0.507. The highest BCUT2D eigenvalue weighted by Crippen LogP contribution is 2.11. The van der Waals surface area contributed by atoms with Gasteiger partial charge in [-0.05, 0) is 5.56 Å². The Hall–Kier alpha value is -1.04. The maximum Gasteiger partial charge on any atom is 0.321 e. The summed E-state index contributed by atoms with van der Waals surface area (Å²) in [7, 11) is 0. The molecule has 5 N–H and O–H groups in total. The van der Waals surface area contributed by atoms with Gasteiger partial charge < -0.3 is 16.3 Å². The quantitative estimate of drug-likeness (QED) is 0.769. The van der Waals surface area contributed by atoms with Crippen molar-refractivity contribution < 1.29 is 15.4 Å². The van der Waals surface area contributed by atoms with E-state index in [1.54, 1.807) is 0 Å². The van der Waals surface area contributed by atoms with Gasteiger partial charge in [0.05, 0.1) is 0 Å². The molecule has 1 atom stereocenters. The second-order valence-electron chi connectivity index (χ2n) is 2.95. The molecule has 0 aromatic heterocycles. The Morgan fingerprint density at radius 2 is 2.00 bits per heavy atom. The molecule has 0 aliphatic heterocycles. The van der Waals surface area contributed by atoms with E-state index in [9.17, 15) is 4.79 Å². The van der Waals surface area contributed by atoms with Gasteiger partial charge in [-0.3, -0.25) is 4.79 Å². The minimum atomic E-state index is -0.939. The number of carboxylic acid groups (broad SMARTS) is 1. The van der Waals surface area contributed by atoms with Crippen LogP contribution < -0.4 is 5.73 Å². The van der Waals surface area contributed by atoms with Crippen molar-refractivity contribution in [3.63, 3.8) is 0 Å². The van der Waals surface area contributed by atoms with Crippen LogP contribution in [-0.4, -0.2) is 28.3 Å². The molecule has 0 heterocycles. The van der Waals surface area contributed by atoms with E-state index >= 15 is 0 Å². The van der Waals surface area contributed by atoms with Crippen molar-refractivity contribution in [2.75, 3.05) is 5.75 Å². The zero-order valence-electron chi connectivity index (χ0n) is 8.22. The first-order chi connectivity index (χ1) is 6.70. The molecule has 5 heteroatoms. The maximum absolute atomic E-state index is 10.4. The fraction of sp³-hybridized carbons (Fsp3) is 0.300. The zero-order chi connectivity index (χ0) is 10.4. The van der Waals surface area contributed by atoms with E-state index in [0.717, 1.165) is 5.75 Å². The zero-order valence-corrected chi connectivity index (χ0v) is 9.04.